The van der Waals surface area contributed by atoms with Crippen LogP contribution in [0.1, 0.15) is 35.4 Å². The van der Waals surface area contributed by atoms with E-state index in [1.165, 1.54) is 23.1 Å². The number of hydrogen-bond donors (Lipinski definition) is 1. The van der Waals surface area contributed by atoms with Crippen molar-refractivity contribution in [1.82, 2.24) is 19.7 Å². The Morgan fingerprint density at radius 3 is 3.07 bits per heavy atom. The summed E-state index contributed by atoms with van der Waals surface area (Å²) in [6.07, 6.45) is 5.70. The van der Waals surface area contributed by atoms with E-state index in [0.29, 0.717) is 28.1 Å². The monoisotopic (exact) mass is 413 g/mol. The maximum atomic E-state index is 12.8. The van der Waals surface area contributed by atoms with Crippen molar-refractivity contribution in [3.8, 4) is 0 Å². The standard InChI is InChI=1S/C19H19N5O2S2/c1-2-10-27-19-23-22-18(28-19)21-16(25)12-7-8-13-14(11-12)20-15-6-4-3-5-9-24(15)17(13)26/h2,7-8,11H,1,3-6,9-10H2,(H,21,22,25). The molecule has 0 aliphatic carbocycles. The number of nitrogens with one attached hydrogen (secondary N) is 1. The fraction of sp³-hybridized carbons (Fsp3) is 0.316. The van der Waals surface area contributed by atoms with E-state index in [1.54, 1.807) is 28.8 Å². The fourth-order valence-corrected chi connectivity index (χ4v) is 4.69. The largest absolute Gasteiger partial charge is 0.296 e. The zero-order valence-electron chi connectivity index (χ0n) is 15.2. The van der Waals surface area contributed by atoms with Crippen molar-refractivity contribution in [2.45, 2.75) is 36.6 Å². The van der Waals surface area contributed by atoms with Crippen LogP contribution < -0.4 is 10.9 Å². The third-order valence-corrected chi connectivity index (χ3v) is 6.50. The highest BCUT2D eigenvalue weighted by molar-refractivity contribution is 8.01. The molecule has 1 amide bonds. The average molecular weight is 414 g/mol. The summed E-state index contributed by atoms with van der Waals surface area (Å²) in [6.45, 7) is 4.38. The number of nitrogens with zero attached hydrogens (tertiary/aromatic N) is 4. The number of amides is 1. The zero-order chi connectivity index (χ0) is 19.5. The van der Waals surface area contributed by atoms with Crippen molar-refractivity contribution in [2.24, 2.45) is 0 Å². The van der Waals surface area contributed by atoms with Crippen LogP contribution in [0.4, 0.5) is 5.13 Å². The van der Waals surface area contributed by atoms with Gasteiger partial charge >= 0.3 is 0 Å². The van der Waals surface area contributed by atoms with Gasteiger partial charge in [-0.15, -0.1) is 16.8 Å². The van der Waals surface area contributed by atoms with Gasteiger partial charge in [0, 0.05) is 24.3 Å². The molecule has 1 aliphatic heterocycles. The first-order chi connectivity index (χ1) is 13.7. The van der Waals surface area contributed by atoms with Gasteiger partial charge in [-0.1, -0.05) is 35.6 Å². The van der Waals surface area contributed by atoms with Crippen LogP contribution in [-0.2, 0) is 13.0 Å². The van der Waals surface area contributed by atoms with E-state index in [2.05, 4.69) is 27.1 Å². The van der Waals surface area contributed by atoms with E-state index in [4.69, 9.17) is 0 Å². The first-order valence-corrected chi connectivity index (χ1v) is 10.9. The minimum Gasteiger partial charge on any atom is -0.296 e. The van der Waals surface area contributed by atoms with Crippen LogP contribution in [0.5, 0.6) is 0 Å². The third kappa shape index (κ3) is 3.85. The maximum absolute atomic E-state index is 12.8. The van der Waals surface area contributed by atoms with Gasteiger partial charge in [0.15, 0.2) is 4.34 Å². The van der Waals surface area contributed by atoms with Crippen molar-refractivity contribution < 1.29 is 4.79 Å². The number of benzene rings is 1. The van der Waals surface area contributed by atoms with Gasteiger partial charge in [-0.3, -0.25) is 19.5 Å². The SMILES string of the molecule is C=CCSc1nnc(NC(=O)c2ccc3c(=O)n4c(nc3c2)CCCCC4)s1. The molecule has 0 saturated carbocycles. The molecule has 3 aromatic rings. The molecular weight excluding hydrogens is 394 g/mol. The molecule has 1 N–H and O–H groups in total. The number of thioether (sulfide) groups is 1. The predicted molar refractivity (Wildman–Crippen MR) is 112 cm³/mol. The maximum Gasteiger partial charge on any atom is 0.261 e. The Bertz CT molecular complexity index is 1110. The van der Waals surface area contributed by atoms with Gasteiger partial charge in [-0.2, -0.15) is 0 Å². The summed E-state index contributed by atoms with van der Waals surface area (Å²) in [4.78, 5) is 30.1. The van der Waals surface area contributed by atoms with Crippen molar-refractivity contribution in [3.05, 3.63) is 52.6 Å². The van der Waals surface area contributed by atoms with Crippen molar-refractivity contribution in [2.75, 3.05) is 11.1 Å². The van der Waals surface area contributed by atoms with Crippen LogP contribution in [0.15, 0.2) is 40.0 Å². The van der Waals surface area contributed by atoms with Crippen molar-refractivity contribution in [1.29, 1.82) is 0 Å². The number of aromatic nitrogens is 4. The van der Waals surface area contributed by atoms with Crippen LogP contribution in [0.25, 0.3) is 10.9 Å². The Labute approximate surface area is 169 Å². The minimum atomic E-state index is -0.296. The lowest BCUT2D eigenvalue weighted by atomic mass is 10.1. The number of anilines is 1. The van der Waals surface area contributed by atoms with E-state index in [1.807, 2.05) is 0 Å². The summed E-state index contributed by atoms with van der Waals surface area (Å²) in [6, 6.07) is 5.01. The lowest BCUT2D eigenvalue weighted by molar-refractivity contribution is 0.102. The topological polar surface area (TPSA) is 89.8 Å². The molecule has 0 saturated heterocycles. The Morgan fingerprint density at radius 2 is 2.21 bits per heavy atom. The highest BCUT2D eigenvalue weighted by Crippen LogP contribution is 2.26. The smallest absolute Gasteiger partial charge is 0.261 e. The lowest BCUT2D eigenvalue weighted by Crippen LogP contribution is -2.24. The van der Waals surface area contributed by atoms with E-state index >= 15 is 0 Å². The number of aryl methyl sites for hydroxylation is 1. The number of carbonyl (C=O) groups is 1. The molecule has 4 rings (SSSR count). The van der Waals surface area contributed by atoms with Gasteiger partial charge in [0.05, 0.1) is 10.9 Å². The molecule has 0 radical (unpaired) electrons. The molecule has 0 spiro atoms. The summed E-state index contributed by atoms with van der Waals surface area (Å²) in [7, 11) is 0. The summed E-state index contributed by atoms with van der Waals surface area (Å²) >= 11 is 2.83. The second-order valence-electron chi connectivity index (χ2n) is 6.45. The molecule has 0 fully saturated rings. The van der Waals surface area contributed by atoms with Gasteiger partial charge < -0.3 is 0 Å². The summed E-state index contributed by atoms with van der Waals surface area (Å²) in [5.74, 6) is 1.24. The normalized spacial score (nSPS) is 13.7. The van der Waals surface area contributed by atoms with Crippen molar-refractivity contribution >= 4 is 45.0 Å². The Morgan fingerprint density at radius 1 is 1.32 bits per heavy atom. The first kappa shape index (κ1) is 18.8. The number of hydrogen-bond acceptors (Lipinski definition) is 7. The zero-order valence-corrected chi connectivity index (χ0v) is 16.8. The van der Waals surface area contributed by atoms with E-state index < -0.39 is 0 Å². The molecule has 9 heteroatoms. The molecule has 7 nitrogen and oxygen atoms in total. The summed E-state index contributed by atoms with van der Waals surface area (Å²) in [5.41, 5.74) is 0.973. The van der Waals surface area contributed by atoms with Crippen molar-refractivity contribution in [3.63, 3.8) is 0 Å². The molecule has 2 aromatic heterocycles. The average Bonchev–Trinajstić information content (AvgIpc) is 3.00. The molecule has 0 bridgehead atoms. The highest BCUT2D eigenvalue weighted by atomic mass is 32.2. The number of fused-ring (bicyclic) bond motifs is 2. The molecule has 1 aromatic carbocycles. The van der Waals surface area contributed by atoms with E-state index in [0.717, 1.165) is 41.6 Å². The van der Waals surface area contributed by atoms with E-state index in [-0.39, 0.29) is 11.5 Å². The highest BCUT2D eigenvalue weighted by Gasteiger charge is 2.16. The predicted octanol–water partition coefficient (Wildman–Crippen LogP) is 3.50. The summed E-state index contributed by atoms with van der Waals surface area (Å²) < 4.78 is 2.55. The summed E-state index contributed by atoms with van der Waals surface area (Å²) in [5, 5.41) is 11.8. The second kappa shape index (κ2) is 8.24. The molecule has 0 atom stereocenters. The van der Waals surface area contributed by atoms with Gasteiger partial charge in [-0.25, -0.2) is 4.98 Å². The molecule has 144 valence electrons. The Balaban J connectivity index is 1.60. The van der Waals surface area contributed by atoms with Crippen LogP contribution in [0.3, 0.4) is 0 Å². The molecule has 0 unspecified atom stereocenters. The molecule has 3 heterocycles. The lowest BCUT2D eigenvalue weighted by Gasteiger charge is -2.10. The molecular formula is C19H19N5O2S2. The Hall–Kier alpha value is -2.52. The quantitative estimate of drug-likeness (QED) is 0.391. The third-order valence-electron chi connectivity index (χ3n) is 4.53. The van der Waals surface area contributed by atoms with Gasteiger partial charge in [0.1, 0.15) is 5.82 Å². The van der Waals surface area contributed by atoms with Crippen LogP contribution >= 0.6 is 23.1 Å². The number of rotatable bonds is 5. The van der Waals surface area contributed by atoms with Gasteiger partial charge in [0.2, 0.25) is 5.13 Å². The number of carbonyl (C=O) groups excluding carboxylic acids is 1. The second-order valence-corrected chi connectivity index (χ2v) is 8.70. The minimum absolute atomic E-state index is 0.0260. The molecule has 1 aliphatic rings. The van der Waals surface area contributed by atoms with Crippen LogP contribution in [-0.4, -0.2) is 31.4 Å². The van der Waals surface area contributed by atoms with Gasteiger partial charge in [-0.05, 0) is 31.0 Å². The fourth-order valence-electron chi connectivity index (χ4n) is 3.18. The molecule has 28 heavy (non-hydrogen) atoms. The van der Waals surface area contributed by atoms with Crippen LogP contribution in [0, 0.1) is 0 Å². The Kier molecular flexibility index (Phi) is 5.54. The first-order valence-electron chi connectivity index (χ1n) is 9.08. The van der Waals surface area contributed by atoms with E-state index in [9.17, 15) is 9.59 Å². The van der Waals surface area contributed by atoms with Gasteiger partial charge in [0.25, 0.3) is 11.5 Å². The van der Waals surface area contributed by atoms with Crippen LogP contribution in [0.2, 0.25) is 0 Å².